The first-order chi connectivity index (χ1) is 15.4. The van der Waals surface area contributed by atoms with Crippen LogP contribution in [0.1, 0.15) is 51.0 Å². The van der Waals surface area contributed by atoms with Gasteiger partial charge in [-0.3, -0.25) is 9.59 Å². The molecular formula is C25H30Cl2N2O2S. The van der Waals surface area contributed by atoms with E-state index < -0.39 is 6.04 Å². The third-order valence-corrected chi connectivity index (χ3v) is 7.54. The molecule has 1 fully saturated rings. The molecule has 1 atom stereocenters. The minimum Gasteiger partial charge on any atom is -0.352 e. The summed E-state index contributed by atoms with van der Waals surface area (Å²) in [6.45, 7) is 2.11. The fourth-order valence-electron chi connectivity index (χ4n) is 3.90. The van der Waals surface area contributed by atoms with Crippen LogP contribution < -0.4 is 5.32 Å². The van der Waals surface area contributed by atoms with E-state index in [4.69, 9.17) is 23.2 Å². The topological polar surface area (TPSA) is 49.4 Å². The Morgan fingerprint density at radius 3 is 2.47 bits per heavy atom. The molecule has 0 aliphatic heterocycles. The van der Waals surface area contributed by atoms with Crippen LogP contribution in [0.3, 0.4) is 0 Å². The van der Waals surface area contributed by atoms with Gasteiger partial charge in [0.1, 0.15) is 6.04 Å². The lowest BCUT2D eigenvalue weighted by Gasteiger charge is -2.31. The number of benzene rings is 2. The second kappa shape index (κ2) is 12.5. The molecule has 2 aromatic rings. The highest BCUT2D eigenvalue weighted by Gasteiger charge is 2.28. The van der Waals surface area contributed by atoms with Crippen LogP contribution in [0.25, 0.3) is 0 Å². The van der Waals surface area contributed by atoms with Gasteiger partial charge in [0.15, 0.2) is 0 Å². The van der Waals surface area contributed by atoms with Crippen molar-refractivity contribution in [3.05, 3.63) is 64.1 Å². The Kier molecular flexibility index (Phi) is 9.76. The third-order valence-electron chi connectivity index (χ3n) is 5.78. The van der Waals surface area contributed by atoms with Crippen LogP contribution in [0.4, 0.5) is 0 Å². The highest BCUT2D eigenvalue weighted by Crippen LogP contribution is 2.25. The van der Waals surface area contributed by atoms with E-state index in [0.29, 0.717) is 28.8 Å². The summed E-state index contributed by atoms with van der Waals surface area (Å²) in [5, 5.41) is 4.07. The smallest absolute Gasteiger partial charge is 0.242 e. The first-order valence-electron chi connectivity index (χ1n) is 11.2. The van der Waals surface area contributed by atoms with Crippen molar-refractivity contribution in [2.24, 2.45) is 0 Å². The van der Waals surface area contributed by atoms with E-state index in [1.165, 1.54) is 6.42 Å². The summed E-state index contributed by atoms with van der Waals surface area (Å²) in [6.07, 6.45) is 5.87. The number of hydrogen-bond donors (Lipinski definition) is 1. The molecular weight excluding hydrogens is 463 g/mol. The van der Waals surface area contributed by atoms with Crippen LogP contribution in [-0.2, 0) is 16.1 Å². The van der Waals surface area contributed by atoms with Crippen molar-refractivity contribution in [1.82, 2.24) is 10.2 Å². The van der Waals surface area contributed by atoms with Crippen LogP contribution in [0, 0.1) is 0 Å². The van der Waals surface area contributed by atoms with E-state index in [0.717, 1.165) is 36.1 Å². The van der Waals surface area contributed by atoms with Gasteiger partial charge in [-0.25, -0.2) is 0 Å². The molecule has 1 saturated carbocycles. The van der Waals surface area contributed by atoms with Crippen molar-refractivity contribution in [2.45, 2.75) is 69.0 Å². The molecule has 2 amide bonds. The van der Waals surface area contributed by atoms with Crippen molar-refractivity contribution in [3.8, 4) is 0 Å². The largest absolute Gasteiger partial charge is 0.352 e. The van der Waals surface area contributed by atoms with Gasteiger partial charge in [0.05, 0.1) is 10.0 Å². The number of carbonyl (C=O) groups excluding carboxylic acids is 2. The molecule has 4 nitrogen and oxygen atoms in total. The van der Waals surface area contributed by atoms with Crippen molar-refractivity contribution < 1.29 is 9.59 Å². The van der Waals surface area contributed by atoms with Gasteiger partial charge in [-0.1, -0.05) is 66.7 Å². The number of nitrogens with zero attached hydrogens (tertiary/aromatic N) is 1. The maximum absolute atomic E-state index is 13.2. The Balaban J connectivity index is 1.67. The molecule has 1 N–H and O–H groups in total. The van der Waals surface area contributed by atoms with Crippen LogP contribution in [0.5, 0.6) is 0 Å². The minimum absolute atomic E-state index is 0.0502. The van der Waals surface area contributed by atoms with E-state index in [1.54, 1.807) is 35.7 Å². The maximum Gasteiger partial charge on any atom is 0.242 e. The Labute approximate surface area is 205 Å². The fourth-order valence-corrected chi connectivity index (χ4v) is 5.09. The van der Waals surface area contributed by atoms with E-state index in [-0.39, 0.29) is 17.9 Å². The minimum atomic E-state index is -0.569. The zero-order valence-corrected chi connectivity index (χ0v) is 20.7. The van der Waals surface area contributed by atoms with Gasteiger partial charge in [-0.2, -0.15) is 0 Å². The van der Waals surface area contributed by atoms with Crippen LogP contribution in [-0.4, -0.2) is 34.6 Å². The number of hydrogen-bond acceptors (Lipinski definition) is 3. The number of carbonyl (C=O) groups is 2. The van der Waals surface area contributed by atoms with E-state index in [9.17, 15) is 9.59 Å². The second-order valence-electron chi connectivity index (χ2n) is 8.20. The van der Waals surface area contributed by atoms with Crippen LogP contribution in [0.2, 0.25) is 10.0 Å². The molecule has 172 valence electrons. The Bertz CT molecular complexity index is 904. The lowest BCUT2D eigenvalue weighted by molar-refractivity contribution is -0.140. The highest BCUT2D eigenvalue weighted by molar-refractivity contribution is 7.99. The highest BCUT2D eigenvalue weighted by atomic mass is 35.5. The first kappa shape index (κ1) is 24.9. The summed E-state index contributed by atoms with van der Waals surface area (Å²) in [6, 6.07) is 15.0. The van der Waals surface area contributed by atoms with Gasteiger partial charge < -0.3 is 10.2 Å². The first-order valence-corrected chi connectivity index (χ1v) is 12.9. The lowest BCUT2D eigenvalue weighted by Crippen LogP contribution is -2.50. The van der Waals surface area contributed by atoms with Crippen LogP contribution in [0.15, 0.2) is 53.4 Å². The summed E-state index contributed by atoms with van der Waals surface area (Å²) in [5.41, 5.74) is 0.848. The average molecular weight is 494 g/mol. The Morgan fingerprint density at radius 2 is 1.78 bits per heavy atom. The monoisotopic (exact) mass is 492 g/mol. The van der Waals surface area contributed by atoms with Gasteiger partial charge in [0, 0.05) is 29.7 Å². The number of amides is 2. The zero-order valence-electron chi connectivity index (χ0n) is 18.4. The van der Waals surface area contributed by atoms with E-state index in [1.807, 2.05) is 36.4 Å². The number of thioether (sulfide) groups is 1. The molecule has 0 saturated heterocycles. The standard InChI is InChI=1S/C25H30Cl2N2O2S/c1-18(25(31)28-20-8-4-2-5-9-20)29(17-19-12-13-22(26)23(27)16-19)24(30)14-15-32-21-10-6-3-7-11-21/h3,6-7,10-13,16,18,20H,2,4-5,8-9,14-15,17H2,1H3,(H,28,31). The predicted octanol–water partition coefficient (Wildman–Crippen LogP) is 6.34. The van der Waals surface area contributed by atoms with Crippen LogP contribution >= 0.6 is 35.0 Å². The van der Waals surface area contributed by atoms with Gasteiger partial charge in [0.25, 0.3) is 0 Å². The molecule has 32 heavy (non-hydrogen) atoms. The van der Waals surface area contributed by atoms with Gasteiger partial charge in [0.2, 0.25) is 11.8 Å². The molecule has 0 spiro atoms. The second-order valence-corrected chi connectivity index (χ2v) is 10.2. The van der Waals surface area contributed by atoms with E-state index >= 15 is 0 Å². The van der Waals surface area contributed by atoms with Crippen molar-refractivity contribution in [1.29, 1.82) is 0 Å². The maximum atomic E-state index is 13.2. The van der Waals surface area contributed by atoms with Crippen molar-refractivity contribution >= 4 is 46.8 Å². The summed E-state index contributed by atoms with van der Waals surface area (Å²) in [5.74, 6) is 0.504. The molecule has 0 bridgehead atoms. The molecule has 2 aromatic carbocycles. The third kappa shape index (κ3) is 7.43. The van der Waals surface area contributed by atoms with E-state index in [2.05, 4.69) is 5.32 Å². The fraction of sp³-hybridized carbons (Fsp3) is 0.440. The summed E-state index contributed by atoms with van der Waals surface area (Å²) < 4.78 is 0. The number of halogens is 2. The molecule has 1 aliphatic rings. The normalized spacial score (nSPS) is 15.2. The summed E-state index contributed by atoms with van der Waals surface area (Å²) >= 11 is 13.9. The SMILES string of the molecule is CC(C(=O)NC1CCCCC1)N(Cc1ccc(Cl)c(Cl)c1)C(=O)CCSc1ccccc1. The Morgan fingerprint density at radius 1 is 1.06 bits per heavy atom. The number of rotatable bonds is 9. The lowest BCUT2D eigenvalue weighted by atomic mass is 9.95. The molecule has 1 unspecified atom stereocenters. The Hall–Kier alpha value is -1.69. The molecule has 0 radical (unpaired) electrons. The van der Waals surface area contributed by atoms with Crippen molar-refractivity contribution in [3.63, 3.8) is 0 Å². The molecule has 0 aromatic heterocycles. The zero-order chi connectivity index (χ0) is 22.9. The molecule has 1 aliphatic carbocycles. The number of nitrogens with one attached hydrogen (secondary N) is 1. The van der Waals surface area contributed by atoms with Gasteiger partial charge >= 0.3 is 0 Å². The summed E-state index contributed by atoms with van der Waals surface area (Å²) in [4.78, 5) is 29.0. The quantitative estimate of drug-likeness (QED) is 0.415. The van der Waals surface area contributed by atoms with Gasteiger partial charge in [-0.15, -0.1) is 11.8 Å². The van der Waals surface area contributed by atoms with Gasteiger partial charge in [-0.05, 0) is 49.6 Å². The average Bonchev–Trinajstić information content (AvgIpc) is 2.80. The predicted molar refractivity (Wildman–Crippen MR) is 133 cm³/mol. The molecule has 0 heterocycles. The van der Waals surface area contributed by atoms with Crippen molar-refractivity contribution in [2.75, 3.05) is 5.75 Å². The molecule has 3 rings (SSSR count). The summed E-state index contributed by atoms with van der Waals surface area (Å²) in [7, 11) is 0. The molecule has 7 heteroatoms.